The summed E-state index contributed by atoms with van der Waals surface area (Å²) in [5, 5.41) is 0. The first kappa shape index (κ1) is 43.0. The molecule has 0 unspecified atom stereocenters. The smallest absolute Gasteiger partial charge is 0.252 e. The lowest BCUT2D eigenvalue weighted by Gasteiger charge is -2.46. The van der Waals surface area contributed by atoms with Gasteiger partial charge >= 0.3 is 0 Å². The fourth-order valence-corrected chi connectivity index (χ4v) is 12.0. The van der Waals surface area contributed by atoms with E-state index in [4.69, 9.17) is 0 Å². The minimum absolute atomic E-state index is 0.00377. The van der Waals surface area contributed by atoms with Crippen LogP contribution >= 0.6 is 0 Å². The quantitative estimate of drug-likeness (QED) is 0.159. The van der Waals surface area contributed by atoms with Gasteiger partial charge in [0.1, 0.15) is 0 Å². The lowest BCUT2D eigenvalue weighted by molar-refractivity contribution is 0.403. The number of hydrogen-bond donors (Lipinski definition) is 0. The molecule has 0 radical (unpaired) electrons. The van der Waals surface area contributed by atoms with Crippen molar-refractivity contribution in [2.75, 3.05) is 9.80 Å². The van der Waals surface area contributed by atoms with E-state index in [2.05, 4.69) is 256 Å². The van der Waals surface area contributed by atoms with Crippen molar-refractivity contribution in [2.45, 2.75) is 104 Å². The first-order chi connectivity index (χ1) is 31.9. The van der Waals surface area contributed by atoms with Crippen molar-refractivity contribution in [1.29, 1.82) is 0 Å². The molecule has 11 rings (SSSR count). The molecule has 0 bridgehead atoms. The van der Waals surface area contributed by atoms with Crippen molar-refractivity contribution in [3.8, 4) is 33.4 Å². The molecule has 0 N–H and O–H groups in total. The fraction of sp³-hybridized carbons (Fsp3) is 0.250. The first-order valence-electron chi connectivity index (χ1n) is 24.4. The molecule has 3 heteroatoms. The fourth-order valence-electron chi connectivity index (χ4n) is 12.0. The molecule has 2 heterocycles. The zero-order valence-corrected chi connectivity index (χ0v) is 41.3. The van der Waals surface area contributed by atoms with Crippen LogP contribution in [0.15, 0.2) is 170 Å². The van der Waals surface area contributed by atoms with E-state index >= 15 is 0 Å². The minimum Gasteiger partial charge on any atom is -0.311 e. The highest BCUT2D eigenvalue weighted by Gasteiger charge is 2.49. The molecule has 2 nitrogen and oxygen atoms in total. The van der Waals surface area contributed by atoms with Crippen LogP contribution in [-0.2, 0) is 21.7 Å². The van der Waals surface area contributed by atoms with Crippen LogP contribution in [0.5, 0.6) is 0 Å². The topological polar surface area (TPSA) is 6.48 Å². The van der Waals surface area contributed by atoms with Crippen LogP contribution < -0.4 is 26.2 Å². The Bertz CT molecular complexity index is 3240. The van der Waals surface area contributed by atoms with Gasteiger partial charge in [0.15, 0.2) is 0 Å². The third-order valence-corrected chi connectivity index (χ3v) is 15.3. The maximum absolute atomic E-state index is 2.66. The number of rotatable bonds is 5. The van der Waals surface area contributed by atoms with Crippen LogP contribution in [0.25, 0.3) is 33.4 Å². The highest BCUT2D eigenvalue weighted by molar-refractivity contribution is 7.00. The number of benzene rings is 8. The Kier molecular flexibility index (Phi) is 9.78. The average Bonchev–Trinajstić information content (AvgIpc) is 3.49. The van der Waals surface area contributed by atoms with Gasteiger partial charge in [-0.25, -0.2) is 0 Å². The Morgan fingerprint density at radius 2 is 0.896 bits per heavy atom. The van der Waals surface area contributed by atoms with Gasteiger partial charge in [-0.05, 0) is 156 Å². The second kappa shape index (κ2) is 15.2. The summed E-state index contributed by atoms with van der Waals surface area (Å²) in [5.74, 6) is 0. The van der Waals surface area contributed by atoms with Gasteiger partial charge in [-0.1, -0.05) is 191 Å². The van der Waals surface area contributed by atoms with Crippen LogP contribution in [0, 0.1) is 6.92 Å². The summed E-state index contributed by atoms with van der Waals surface area (Å²) in [4.78, 5) is 5.31. The van der Waals surface area contributed by atoms with Gasteiger partial charge in [-0.3, -0.25) is 0 Å². The maximum Gasteiger partial charge on any atom is 0.252 e. The van der Waals surface area contributed by atoms with Crippen molar-refractivity contribution < 1.29 is 0 Å². The Hall–Kier alpha value is -6.58. The van der Waals surface area contributed by atoms with Crippen molar-refractivity contribution >= 4 is 57.2 Å². The SMILES string of the molecule is Cc1cc(-c2ccccc2)ccc1N1c2cc3c(cc2B2c4ccc(-c5ccccc5)cc4N(c4ccc(C(C)(C)C)cc4-c4ccccc4)c4cc(C(C)(C)C)cc1c42)C(C)(C)CC3(C)C. The predicted octanol–water partition coefficient (Wildman–Crippen LogP) is 15.6. The molecule has 8 aromatic carbocycles. The molecular formula is C64H63BN2. The Labute approximate surface area is 400 Å². The van der Waals surface area contributed by atoms with Crippen molar-refractivity contribution in [2.24, 2.45) is 0 Å². The molecule has 0 fully saturated rings. The number of nitrogens with zero attached hydrogens (tertiary/aromatic N) is 2. The first-order valence-corrected chi connectivity index (χ1v) is 24.4. The van der Waals surface area contributed by atoms with Crippen LogP contribution in [-0.4, -0.2) is 6.71 Å². The molecule has 67 heavy (non-hydrogen) atoms. The maximum atomic E-state index is 2.66. The van der Waals surface area contributed by atoms with E-state index in [9.17, 15) is 0 Å². The highest BCUT2D eigenvalue weighted by Crippen LogP contribution is 2.54. The molecule has 0 saturated heterocycles. The molecular weight excluding hydrogens is 808 g/mol. The van der Waals surface area contributed by atoms with Gasteiger partial charge in [0, 0.05) is 34.0 Å². The lowest BCUT2D eigenvalue weighted by atomic mass is 9.33. The van der Waals surface area contributed by atoms with Crippen molar-refractivity contribution in [3.63, 3.8) is 0 Å². The standard InChI is InChI=1S/C64H63BN2/c1-41-33-45(42-21-15-12-16-22-42)28-31-54(41)66-57-39-51-50(63(8,9)40-64(51,10)11)38-53(57)65-52-30-27-46(43-23-17-13-18-24-43)34-56(52)67(59-37-48(62(5,6)7)36-58(66)60(59)65)55-32-29-47(61(2,3)4)35-49(55)44-25-19-14-20-26-44/h12-39H,40H2,1-11H3. The van der Waals surface area contributed by atoms with Crippen LogP contribution in [0.3, 0.4) is 0 Å². The molecule has 3 aliphatic rings. The summed E-state index contributed by atoms with van der Waals surface area (Å²) in [5.41, 5.74) is 25.6. The van der Waals surface area contributed by atoms with E-state index in [-0.39, 0.29) is 28.4 Å². The van der Waals surface area contributed by atoms with E-state index in [0.29, 0.717) is 0 Å². The van der Waals surface area contributed by atoms with Crippen molar-refractivity contribution in [3.05, 3.63) is 198 Å². The Balaban J connectivity index is 1.28. The molecule has 8 aromatic rings. The average molecular weight is 871 g/mol. The van der Waals surface area contributed by atoms with Gasteiger partial charge in [0.2, 0.25) is 0 Å². The third-order valence-electron chi connectivity index (χ3n) is 15.3. The number of aryl methyl sites for hydroxylation is 1. The Morgan fingerprint density at radius 1 is 0.403 bits per heavy atom. The van der Waals surface area contributed by atoms with Crippen LogP contribution in [0.4, 0.5) is 34.1 Å². The zero-order valence-electron chi connectivity index (χ0n) is 41.3. The third kappa shape index (κ3) is 7.08. The number of hydrogen-bond acceptors (Lipinski definition) is 2. The van der Waals surface area contributed by atoms with Gasteiger partial charge in [-0.15, -0.1) is 0 Å². The zero-order chi connectivity index (χ0) is 46.8. The van der Waals surface area contributed by atoms with Gasteiger partial charge in [0.05, 0.1) is 5.69 Å². The number of anilines is 6. The second-order valence-electron chi connectivity index (χ2n) is 23.0. The predicted molar refractivity (Wildman–Crippen MR) is 290 cm³/mol. The summed E-state index contributed by atoms with van der Waals surface area (Å²) in [6.45, 7) is 26.3. The summed E-state index contributed by atoms with van der Waals surface area (Å²) in [6, 6.07) is 64.9. The van der Waals surface area contributed by atoms with E-state index in [1.807, 2.05) is 0 Å². The largest absolute Gasteiger partial charge is 0.311 e. The molecule has 0 aromatic heterocycles. The Morgan fingerprint density at radius 3 is 1.46 bits per heavy atom. The van der Waals surface area contributed by atoms with E-state index < -0.39 is 0 Å². The summed E-state index contributed by atoms with van der Waals surface area (Å²) in [6.07, 6.45) is 1.11. The van der Waals surface area contributed by atoms with Crippen LogP contribution in [0.2, 0.25) is 0 Å². The molecule has 2 aliphatic heterocycles. The molecule has 0 atom stereocenters. The molecule has 0 saturated carbocycles. The number of fused-ring (bicyclic) bond motifs is 5. The van der Waals surface area contributed by atoms with Crippen LogP contribution in [0.1, 0.15) is 103 Å². The van der Waals surface area contributed by atoms with Crippen molar-refractivity contribution in [1.82, 2.24) is 0 Å². The van der Waals surface area contributed by atoms with E-state index in [1.165, 1.54) is 112 Å². The normalized spacial score (nSPS) is 15.5. The summed E-state index contributed by atoms with van der Waals surface area (Å²) in [7, 11) is 0. The molecule has 0 spiro atoms. The monoisotopic (exact) mass is 871 g/mol. The lowest BCUT2D eigenvalue weighted by Crippen LogP contribution is -2.61. The molecule has 0 amide bonds. The molecule has 1 aliphatic carbocycles. The second-order valence-corrected chi connectivity index (χ2v) is 23.0. The van der Waals surface area contributed by atoms with E-state index in [0.717, 1.165) is 6.42 Å². The summed E-state index contributed by atoms with van der Waals surface area (Å²) < 4.78 is 0. The van der Waals surface area contributed by atoms with Gasteiger partial charge in [0.25, 0.3) is 6.71 Å². The van der Waals surface area contributed by atoms with Gasteiger partial charge in [-0.2, -0.15) is 0 Å². The summed E-state index contributed by atoms with van der Waals surface area (Å²) >= 11 is 0. The minimum atomic E-state index is -0.140. The molecule has 332 valence electrons. The highest BCUT2D eigenvalue weighted by atomic mass is 15.2. The van der Waals surface area contributed by atoms with Gasteiger partial charge < -0.3 is 9.80 Å². The van der Waals surface area contributed by atoms with E-state index in [1.54, 1.807) is 0 Å².